The smallest absolute Gasteiger partial charge is 0.338 e. The number of nitrogens with one attached hydrogen (secondary N) is 1. The van der Waals surface area contributed by atoms with Gasteiger partial charge in [-0.05, 0) is 36.4 Å². The van der Waals surface area contributed by atoms with E-state index in [-0.39, 0.29) is 16.7 Å². The molecule has 4 rings (SSSR count). The van der Waals surface area contributed by atoms with Gasteiger partial charge in [0.15, 0.2) is 12.3 Å². The number of halogens is 4. The van der Waals surface area contributed by atoms with Gasteiger partial charge in [-0.2, -0.15) is 0 Å². The van der Waals surface area contributed by atoms with Gasteiger partial charge in [0.1, 0.15) is 12.7 Å². The fourth-order valence-corrected chi connectivity index (χ4v) is 4.02. The first-order chi connectivity index (χ1) is 20.0. The van der Waals surface area contributed by atoms with Gasteiger partial charge in [-0.25, -0.2) is 18.8 Å². The minimum absolute atomic E-state index is 0.0721. The van der Waals surface area contributed by atoms with Gasteiger partial charge in [0.2, 0.25) is 18.3 Å². The van der Waals surface area contributed by atoms with Crippen molar-refractivity contribution in [1.29, 1.82) is 5.41 Å². The highest BCUT2D eigenvalue weighted by molar-refractivity contribution is 6.76. The summed E-state index contributed by atoms with van der Waals surface area (Å²) in [4.78, 5) is 38.5. The zero-order valence-corrected chi connectivity index (χ0v) is 23.8. The molecule has 0 spiro atoms. The molecule has 0 unspecified atom stereocenters. The van der Waals surface area contributed by atoms with Gasteiger partial charge >= 0.3 is 17.9 Å². The molecule has 3 aromatic rings. The van der Waals surface area contributed by atoms with Crippen LogP contribution in [0.25, 0.3) is 0 Å². The molecule has 9 nitrogen and oxygen atoms in total. The van der Waals surface area contributed by atoms with E-state index < -0.39 is 65.0 Å². The average molecular weight is 639 g/mol. The van der Waals surface area contributed by atoms with E-state index in [0.717, 1.165) is 0 Å². The maximum absolute atomic E-state index is 16.1. The summed E-state index contributed by atoms with van der Waals surface area (Å²) in [6, 6.07) is 23.3. The fraction of sp³-hybridized carbons (Fsp3) is 0.241. The van der Waals surface area contributed by atoms with Gasteiger partial charge in [-0.3, -0.25) is 5.41 Å². The second-order valence-electron chi connectivity index (χ2n) is 8.87. The number of esters is 3. The summed E-state index contributed by atoms with van der Waals surface area (Å²) in [6.07, 6.45) is -9.33. The highest BCUT2D eigenvalue weighted by atomic mass is 35.6. The van der Waals surface area contributed by atoms with Crippen LogP contribution in [-0.2, 0) is 23.7 Å². The predicted octanol–water partition coefficient (Wildman–Crippen LogP) is 5.72. The molecule has 0 amide bonds. The Morgan fingerprint density at radius 2 is 1.14 bits per heavy atom. The number of carbonyl (C=O) groups is 3. The molecule has 3 aromatic carbocycles. The molecular formula is C29H23Cl3FNO8. The van der Waals surface area contributed by atoms with E-state index in [1.54, 1.807) is 54.6 Å². The average Bonchev–Trinajstić information content (AvgIpc) is 3.00. The molecule has 1 aliphatic rings. The molecule has 0 radical (unpaired) electrons. The maximum Gasteiger partial charge on any atom is 0.338 e. The van der Waals surface area contributed by atoms with Crippen LogP contribution in [0.15, 0.2) is 91.0 Å². The number of alkyl halides is 4. The Labute approximate surface area is 254 Å². The Bertz CT molecular complexity index is 1390. The summed E-state index contributed by atoms with van der Waals surface area (Å²) in [5.41, 5.74) is 0.342. The molecule has 1 saturated heterocycles. The normalized spacial score (nSPS) is 22.0. The lowest BCUT2D eigenvalue weighted by atomic mass is 9.99. The molecule has 0 bridgehead atoms. The Morgan fingerprint density at radius 1 is 0.714 bits per heavy atom. The van der Waals surface area contributed by atoms with Crippen LogP contribution in [-0.4, -0.2) is 65.0 Å². The van der Waals surface area contributed by atoms with Gasteiger partial charge < -0.3 is 23.7 Å². The van der Waals surface area contributed by atoms with Crippen molar-refractivity contribution in [1.82, 2.24) is 0 Å². The van der Waals surface area contributed by atoms with Gasteiger partial charge in [0, 0.05) is 0 Å². The van der Waals surface area contributed by atoms with Crippen molar-refractivity contribution in [3.8, 4) is 0 Å². The summed E-state index contributed by atoms with van der Waals surface area (Å²) >= 11 is 17.3. The van der Waals surface area contributed by atoms with E-state index in [1.165, 1.54) is 36.4 Å². The molecule has 1 N–H and O–H groups in total. The predicted molar refractivity (Wildman–Crippen MR) is 151 cm³/mol. The Kier molecular flexibility index (Phi) is 10.4. The molecule has 0 aliphatic carbocycles. The van der Waals surface area contributed by atoms with Crippen molar-refractivity contribution in [2.75, 3.05) is 6.61 Å². The highest BCUT2D eigenvalue weighted by Gasteiger charge is 2.53. The largest absolute Gasteiger partial charge is 0.459 e. The second kappa shape index (κ2) is 14.0. The first-order valence-corrected chi connectivity index (χ1v) is 13.5. The van der Waals surface area contributed by atoms with Crippen molar-refractivity contribution < 1.29 is 42.5 Å². The van der Waals surface area contributed by atoms with Crippen molar-refractivity contribution in [2.24, 2.45) is 0 Å². The van der Waals surface area contributed by atoms with Crippen LogP contribution < -0.4 is 0 Å². The van der Waals surface area contributed by atoms with Gasteiger partial charge in [0.05, 0.1) is 16.7 Å². The van der Waals surface area contributed by atoms with E-state index >= 15 is 4.39 Å². The number of ether oxygens (including phenoxy) is 5. The molecule has 0 saturated carbocycles. The summed E-state index contributed by atoms with van der Waals surface area (Å²) in [6.45, 7) is -0.672. The minimum atomic E-state index is -2.38. The van der Waals surface area contributed by atoms with E-state index in [1.807, 2.05) is 0 Å². The van der Waals surface area contributed by atoms with Crippen LogP contribution in [0.3, 0.4) is 0 Å². The molecular weight excluding hydrogens is 616 g/mol. The van der Waals surface area contributed by atoms with E-state index in [4.69, 9.17) is 63.9 Å². The van der Waals surface area contributed by atoms with Gasteiger partial charge in [0.25, 0.3) is 3.79 Å². The first-order valence-electron chi connectivity index (χ1n) is 12.4. The number of rotatable bonds is 8. The maximum atomic E-state index is 16.1. The Hall–Kier alpha value is -3.70. The van der Waals surface area contributed by atoms with Crippen LogP contribution in [0.5, 0.6) is 0 Å². The molecule has 1 heterocycles. The zero-order chi connectivity index (χ0) is 30.3. The monoisotopic (exact) mass is 637 g/mol. The molecule has 13 heteroatoms. The molecule has 220 valence electrons. The second-order valence-corrected chi connectivity index (χ2v) is 11.1. The number of hydrogen-bond acceptors (Lipinski definition) is 9. The Balaban J connectivity index is 1.65. The lowest BCUT2D eigenvalue weighted by Gasteiger charge is -2.42. The van der Waals surface area contributed by atoms with Gasteiger partial charge in [-0.1, -0.05) is 89.4 Å². The molecule has 1 aliphatic heterocycles. The SMILES string of the molecule is N=C(O[C@H]1O[C@H](COC(=O)c2ccccc2)[C@@H](F)[C@H](OC(=O)c2ccccc2)[C@H]1OC(=O)c1ccccc1)C(Cl)(Cl)Cl. The minimum Gasteiger partial charge on any atom is -0.459 e. The quantitative estimate of drug-likeness (QED) is 0.109. The van der Waals surface area contributed by atoms with Crippen LogP contribution in [0.4, 0.5) is 4.39 Å². The van der Waals surface area contributed by atoms with Crippen molar-refractivity contribution >= 4 is 58.6 Å². The third-order valence-corrected chi connectivity index (χ3v) is 6.47. The number of benzene rings is 3. The summed E-state index contributed by atoms with van der Waals surface area (Å²) in [5, 5.41) is 8.03. The molecule has 5 atom stereocenters. The molecule has 42 heavy (non-hydrogen) atoms. The van der Waals surface area contributed by atoms with Crippen molar-refractivity contribution in [3.63, 3.8) is 0 Å². The first kappa shape index (κ1) is 31.2. The molecule has 0 aromatic heterocycles. The summed E-state index contributed by atoms with van der Waals surface area (Å²) in [7, 11) is 0. The lowest BCUT2D eigenvalue weighted by Crippen LogP contribution is -2.61. The highest BCUT2D eigenvalue weighted by Crippen LogP contribution is 2.34. The van der Waals surface area contributed by atoms with E-state index in [9.17, 15) is 14.4 Å². The van der Waals surface area contributed by atoms with Crippen LogP contribution in [0, 0.1) is 5.41 Å². The van der Waals surface area contributed by atoms with Crippen LogP contribution in [0.1, 0.15) is 31.1 Å². The van der Waals surface area contributed by atoms with Gasteiger partial charge in [-0.15, -0.1) is 0 Å². The number of hydrogen-bond donors (Lipinski definition) is 1. The lowest BCUT2D eigenvalue weighted by molar-refractivity contribution is -0.268. The standard InChI is InChI=1S/C29H23Cl3FNO8/c30-29(31,32)28(34)42-27-23(41-26(37)19-14-8-3-9-15-19)22(40-25(36)18-12-6-2-7-13-18)21(33)20(39-27)16-38-24(35)17-10-4-1-5-11-17/h1-15,20-23,27,34H,16H2/t20-,21-,22+,23-,27-/m1/s1. The number of carbonyl (C=O) groups excluding carboxylic acids is 3. The van der Waals surface area contributed by atoms with Crippen LogP contribution >= 0.6 is 34.8 Å². The Morgan fingerprint density at radius 3 is 1.60 bits per heavy atom. The third-order valence-electron chi connectivity index (χ3n) is 5.95. The third kappa shape index (κ3) is 7.98. The van der Waals surface area contributed by atoms with E-state index in [0.29, 0.717) is 0 Å². The summed E-state index contributed by atoms with van der Waals surface area (Å²) < 4.78 is 41.0. The van der Waals surface area contributed by atoms with Crippen LogP contribution in [0.2, 0.25) is 0 Å². The molecule has 1 fully saturated rings. The summed E-state index contributed by atoms with van der Waals surface area (Å²) in [5.74, 6) is -3.64. The van der Waals surface area contributed by atoms with Crippen molar-refractivity contribution in [3.05, 3.63) is 108 Å². The van der Waals surface area contributed by atoms with Crippen molar-refractivity contribution in [2.45, 2.75) is 34.6 Å². The van der Waals surface area contributed by atoms with E-state index in [2.05, 4.69) is 0 Å². The zero-order valence-electron chi connectivity index (χ0n) is 21.5. The fourth-order valence-electron chi connectivity index (χ4n) is 3.88. The topological polar surface area (TPSA) is 121 Å².